The molecule has 4 nitrogen and oxygen atoms in total. The van der Waals surface area contributed by atoms with E-state index in [0.717, 1.165) is 11.4 Å². The van der Waals surface area contributed by atoms with Gasteiger partial charge in [-0.15, -0.1) is 5.10 Å². The Morgan fingerprint density at radius 1 is 1.11 bits per heavy atom. The maximum atomic E-state index is 13.4. The Balaban J connectivity index is 1.92. The van der Waals surface area contributed by atoms with Crippen LogP contribution in [0.15, 0.2) is 24.3 Å². The van der Waals surface area contributed by atoms with Gasteiger partial charge in [-0.2, -0.15) is 5.10 Å². The highest BCUT2D eigenvalue weighted by Gasteiger charge is 2.03. The van der Waals surface area contributed by atoms with Crippen LogP contribution in [0.4, 0.5) is 10.3 Å². The summed E-state index contributed by atoms with van der Waals surface area (Å²) in [5, 5.41) is 10.9. The molecule has 2 rings (SSSR count). The van der Waals surface area contributed by atoms with E-state index in [1.807, 2.05) is 19.9 Å². The molecule has 2 aromatic rings. The van der Waals surface area contributed by atoms with Crippen LogP contribution in [0.3, 0.4) is 0 Å². The summed E-state index contributed by atoms with van der Waals surface area (Å²) in [6, 6.07) is 6.75. The van der Waals surface area contributed by atoms with Crippen LogP contribution in [0.25, 0.3) is 0 Å². The quantitative estimate of drug-likeness (QED) is 0.899. The van der Waals surface area contributed by atoms with Crippen molar-refractivity contribution in [3.8, 4) is 0 Å². The molecule has 18 heavy (non-hydrogen) atoms. The van der Waals surface area contributed by atoms with Gasteiger partial charge >= 0.3 is 0 Å². The lowest BCUT2D eigenvalue weighted by Gasteiger charge is -2.06. The van der Waals surface area contributed by atoms with Crippen molar-refractivity contribution in [2.24, 2.45) is 0 Å². The number of rotatable bonds is 4. The highest BCUT2D eigenvalue weighted by atomic mass is 19.1. The maximum Gasteiger partial charge on any atom is 0.242 e. The minimum Gasteiger partial charge on any atom is -0.353 e. The van der Waals surface area contributed by atoms with Gasteiger partial charge in [0.15, 0.2) is 0 Å². The average Bonchev–Trinajstić information content (AvgIpc) is 2.36. The third-order valence-corrected chi connectivity index (χ3v) is 2.73. The Hall–Kier alpha value is -2.04. The fraction of sp³-hybridized carbons (Fsp3) is 0.308. The molecule has 1 heterocycles. The van der Waals surface area contributed by atoms with Crippen molar-refractivity contribution in [2.45, 2.75) is 20.3 Å². The fourth-order valence-corrected chi connectivity index (χ4v) is 1.54. The number of nitrogens with zero attached hydrogens (tertiary/aromatic N) is 3. The van der Waals surface area contributed by atoms with Crippen molar-refractivity contribution in [2.75, 3.05) is 11.9 Å². The van der Waals surface area contributed by atoms with E-state index in [1.54, 1.807) is 12.1 Å². The molecule has 0 radical (unpaired) electrons. The third kappa shape index (κ3) is 3.00. The highest BCUT2D eigenvalue weighted by Crippen LogP contribution is 2.07. The van der Waals surface area contributed by atoms with Gasteiger partial charge in [0.1, 0.15) is 5.82 Å². The first-order valence-electron chi connectivity index (χ1n) is 5.82. The van der Waals surface area contributed by atoms with E-state index in [1.165, 1.54) is 6.07 Å². The second-order valence-corrected chi connectivity index (χ2v) is 4.07. The predicted molar refractivity (Wildman–Crippen MR) is 67.9 cm³/mol. The molecule has 0 spiro atoms. The van der Waals surface area contributed by atoms with Gasteiger partial charge < -0.3 is 5.32 Å². The number of aromatic nitrogens is 3. The topological polar surface area (TPSA) is 50.7 Å². The lowest BCUT2D eigenvalue weighted by atomic mass is 10.1. The molecule has 0 fully saturated rings. The summed E-state index contributed by atoms with van der Waals surface area (Å²) in [4.78, 5) is 4.25. The maximum absolute atomic E-state index is 13.4. The second-order valence-electron chi connectivity index (χ2n) is 4.07. The minimum atomic E-state index is -0.182. The fourth-order valence-electron chi connectivity index (χ4n) is 1.54. The Bertz CT molecular complexity index is 542. The van der Waals surface area contributed by atoms with Crippen molar-refractivity contribution in [1.82, 2.24) is 15.2 Å². The minimum absolute atomic E-state index is 0.182. The first-order chi connectivity index (χ1) is 8.66. The van der Waals surface area contributed by atoms with Crippen LogP contribution in [-0.4, -0.2) is 21.7 Å². The molecule has 0 aliphatic heterocycles. The zero-order chi connectivity index (χ0) is 13.0. The lowest BCUT2D eigenvalue weighted by Crippen LogP contribution is -2.10. The summed E-state index contributed by atoms with van der Waals surface area (Å²) in [7, 11) is 0. The smallest absolute Gasteiger partial charge is 0.242 e. The summed E-state index contributed by atoms with van der Waals surface area (Å²) >= 11 is 0. The van der Waals surface area contributed by atoms with E-state index < -0.39 is 0 Å². The molecule has 0 amide bonds. The van der Waals surface area contributed by atoms with Crippen LogP contribution in [0.1, 0.15) is 17.0 Å². The highest BCUT2D eigenvalue weighted by molar-refractivity contribution is 5.26. The molecule has 0 unspecified atom stereocenters. The van der Waals surface area contributed by atoms with Gasteiger partial charge in [-0.05, 0) is 31.9 Å². The molecular weight excluding hydrogens is 231 g/mol. The zero-order valence-electron chi connectivity index (χ0n) is 10.4. The predicted octanol–water partition coefficient (Wildman–Crippen LogP) is 2.28. The Labute approximate surface area is 105 Å². The average molecular weight is 246 g/mol. The molecular formula is C13H15FN4. The Morgan fingerprint density at radius 3 is 2.61 bits per heavy atom. The van der Waals surface area contributed by atoms with Gasteiger partial charge in [-0.1, -0.05) is 18.2 Å². The summed E-state index contributed by atoms with van der Waals surface area (Å²) in [5.41, 5.74) is 2.34. The number of nitrogens with one attached hydrogen (secondary N) is 1. The number of hydrogen-bond donors (Lipinski definition) is 1. The molecule has 0 aliphatic carbocycles. The third-order valence-electron chi connectivity index (χ3n) is 2.73. The molecule has 1 aromatic heterocycles. The number of anilines is 1. The van der Waals surface area contributed by atoms with Crippen molar-refractivity contribution < 1.29 is 4.39 Å². The molecule has 94 valence electrons. The van der Waals surface area contributed by atoms with Crippen LogP contribution in [0.5, 0.6) is 0 Å². The zero-order valence-corrected chi connectivity index (χ0v) is 10.4. The standard InChI is InChI=1S/C13H15FN4/c1-9-10(2)17-18-13(16-9)15-8-7-11-5-3-4-6-12(11)14/h3-6H,7-8H2,1-2H3,(H,15,16,18). The first kappa shape index (κ1) is 12.4. The number of aryl methyl sites for hydroxylation is 2. The van der Waals surface area contributed by atoms with Crippen LogP contribution in [-0.2, 0) is 6.42 Å². The van der Waals surface area contributed by atoms with Crippen molar-refractivity contribution in [3.63, 3.8) is 0 Å². The van der Waals surface area contributed by atoms with Crippen LogP contribution < -0.4 is 5.32 Å². The Morgan fingerprint density at radius 2 is 1.89 bits per heavy atom. The van der Waals surface area contributed by atoms with Gasteiger partial charge in [0.2, 0.25) is 5.95 Å². The van der Waals surface area contributed by atoms with Crippen molar-refractivity contribution in [1.29, 1.82) is 0 Å². The largest absolute Gasteiger partial charge is 0.353 e. The van der Waals surface area contributed by atoms with E-state index in [0.29, 0.717) is 24.5 Å². The molecule has 0 saturated carbocycles. The summed E-state index contributed by atoms with van der Waals surface area (Å²) < 4.78 is 13.4. The molecule has 0 bridgehead atoms. The van der Waals surface area contributed by atoms with E-state index in [4.69, 9.17) is 0 Å². The summed E-state index contributed by atoms with van der Waals surface area (Å²) in [6.45, 7) is 4.32. The van der Waals surface area contributed by atoms with Gasteiger partial charge in [0.05, 0.1) is 11.4 Å². The van der Waals surface area contributed by atoms with E-state index in [2.05, 4.69) is 20.5 Å². The van der Waals surface area contributed by atoms with E-state index in [-0.39, 0.29) is 5.82 Å². The van der Waals surface area contributed by atoms with Crippen LogP contribution >= 0.6 is 0 Å². The molecule has 1 aromatic carbocycles. The number of halogens is 1. The molecule has 0 saturated heterocycles. The van der Waals surface area contributed by atoms with Crippen molar-refractivity contribution in [3.05, 3.63) is 47.0 Å². The van der Waals surface area contributed by atoms with Gasteiger partial charge in [-0.3, -0.25) is 0 Å². The first-order valence-corrected chi connectivity index (χ1v) is 5.82. The van der Waals surface area contributed by atoms with Gasteiger partial charge in [0.25, 0.3) is 0 Å². The molecule has 0 aliphatic rings. The van der Waals surface area contributed by atoms with Crippen LogP contribution in [0, 0.1) is 19.7 Å². The van der Waals surface area contributed by atoms with Crippen molar-refractivity contribution >= 4 is 5.95 Å². The molecule has 0 atom stereocenters. The molecule has 1 N–H and O–H groups in total. The summed E-state index contributed by atoms with van der Waals surface area (Å²) in [5.74, 6) is 0.299. The monoisotopic (exact) mass is 246 g/mol. The van der Waals surface area contributed by atoms with E-state index >= 15 is 0 Å². The van der Waals surface area contributed by atoms with Crippen LogP contribution in [0.2, 0.25) is 0 Å². The number of benzene rings is 1. The molecule has 5 heteroatoms. The lowest BCUT2D eigenvalue weighted by molar-refractivity contribution is 0.610. The van der Waals surface area contributed by atoms with Gasteiger partial charge in [-0.25, -0.2) is 9.37 Å². The number of hydrogen-bond acceptors (Lipinski definition) is 4. The second kappa shape index (κ2) is 5.53. The van der Waals surface area contributed by atoms with E-state index in [9.17, 15) is 4.39 Å². The summed E-state index contributed by atoms with van der Waals surface area (Å²) in [6.07, 6.45) is 0.586. The Kier molecular flexibility index (Phi) is 3.82. The van der Waals surface area contributed by atoms with Gasteiger partial charge in [0, 0.05) is 6.54 Å². The normalized spacial score (nSPS) is 10.4. The SMILES string of the molecule is Cc1nnc(NCCc2ccccc2F)nc1C.